The summed E-state index contributed by atoms with van der Waals surface area (Å²) in [6.45, 7) is 2.10. The Morgan fingerprint density at radius 2 is 1.89 bits per heavy atom. The third-order valence-corrected chi connectivity index (χ3v) is 7.17. The van der Waals surface area contributed by atoms with Crippen molar-refractivity contribution >= 4 is 27.7 Å². The number of aryl methyl sites for hydroxylation is 1. The molecule has 1 aliphatic carbocycles. The standard InChI is InChI=1S/C30H30N6O/c37-30(26-18-22-8-1-2-9-23(22)19-33-26)32-16-7-17-36(20-28-34-24-12-3-4-13-25(24)35-28)27-14-5-10-21-11-6-15-31-29(21)27/h1-4,6,8-9,11-13,15,18-19,27H,5,7,10,14,16-17,20H2,(H,32,37)(H,34,35). The van der Waals surface area contributed by atoms with E-state index in [0.29, 0.717) is 18.8 Å². The molecule has 0 saturated carbocycles. The number of pyridine rings is 2. The number of amides is 1. The van der Waals surface area contributed by atoms with E-state index in [1.54, 1.807) is 6.20 Å². The van der Waals surface area contributed by atoms with Gasteiger partial charge in [0.25, 0.3) is 5.91 Å². The molecule has 2 aromatic carbocycles. The van der Waals surface area contributed by atoms with Crippen LogP contribution in [0.25, 0.3) is 21.8 Å². The van der Waals surface area contributed by atoms with Gasteiger partial charge in [-0.05, 0) is 60.9 Å². The highest BCUT2D eigenvalue weighted by molar-refractivity contribution is 5.96. The van der Waals surface area contributed by atoms with Crippen LogP contribution in [0.4, 0.5) is 0 Å². The Morgan fingerprint density at radius 1 is 1.03 bits per heavy atom. The molecule has 6 rings (SSSR count). The predicted molar refractivity (Wildman–Crippen MR) is 145 cm³/mol. The lowest BCUT2D eigenvalue weighted by molar-refractivity contribution is 0.0943. The van der Waals surface area contributed by atoms with E-state index in [1.807, 2.05) is 60.8 Å². The Balaban J connectivity index is 1.15. The highest BCUT2D eigenvalue weighted by Gasteiger charge is 2.27. The van der Waals surface area contributed by atoms with Crippen molar-refractivity contribution in [1.82, 2.24) is 30.2 Å². The van der Waals surface area contributed by atoms with Gasteiger partial charge in [0, 0.05) is 30.9 Å². The van der Waals surface area contributed by atoms with Gasteiger partial charge in [-0.15, -0.1) is 0 Å². The first-order valence-corrected chi connectivity index (χ1v) is 13.0. The molecule has 0 fully saturated rings. The molecule has 7 nitrogen and oxygen atoms in total. The third kappa shape index (κ3) is 5.08. The van der Waals surface area contributed by atoms with E-state index in [1.165, 1.54) is 11.3 Å². The normalized spacial score (nSPS) is 15.2. The summed E-state index contributed by atoms with van der Waals surface area (Å²) in [5, 5.41) is 5.11. The zero-order valence-electron chi connectivity index (χ0n) is 20.7. The highest BCUT2D eigenvalue weighted by atomic mass is 16.1. The van der Waals surface area contributed by atoms with E-state index < -0.39 is 0 Å². The van der Waals surface area contributed by atoms with Crippen LogP contribution in [-0.4, -0.2) is 43.8 Å². The smallest absolute Gasteiger partial charge is 0.269 e. The van der Waals surface area contributed by atoms with Crippen LogP contribution in [0.3, 0.4) is 0 Å². The van der Waals surface area contributed by atoms with Gasteiger partial charge in [-0.2, -0.15) is 0 Å². The van der Waals surface area contributed by atoms with E-state index in [0.717, 1.165) is 59.9 Å². The van der Waals surface area contributed by atoms with E-state index in [9.17, 15) is 4.79 Å². The summed E-state index contributed by atoms with van der Waals surface area (Å²) in [4.78, 5) is 32.7. The zero-order valence-corrected chi connectivity index (χ0v) is 20.7. The van der Waals surface area contributed by atoms with Crippen molar-refractivity contribution < 1.29 is 4.79 Å². The second kappa shape index (κ2) is 10.5. The second-order valence-corrected chi connectivity index (χ2v) is 9.65. The SMILES string of the molecule is O=C(NCCCN(Cc1nc2ccccc2[nH]1)C1CCCc2cccnc21)c1cc2ccccc2cn1. The van der Waals surface area contributed by atoms with E-state index in [2.05, 4.69) is 32.3 Å². The van der Waals surface area contributed by atoms with Crippen molar-refractivity contribution in [2.75, 3.05) is 13.1 Å². The predicted octanol–water partition coefficient (Wildman–Crippen LogP) is 5.21. The van der Waals surface area contributed by atoms with Crippen molar-refractivity contribution in [3.63, 3.8) is 0 Å². The van der Waals surface area contributed by atoms with Gasteiger partial charge in [-0.3, -0.25) is 19.7 Å². The maximum Gasteiger partial charge on any atom is 0.269 e. The van der Waals surface area contributed by atoms with Crippen LogP contribution in [0.15, 0.2) is 79.1 Å². The lowest BCUT2D eigenvalue weighted by Gasteiger charge is -2.34. The summed E-state index contributed by atoms with van der Waals surface area (Å²) in [5.41, 5.74) is 4.99. The van der Waals surface area contributed by atoms with Crippen LogP contribution in [0, 0.1) is 0 Å². The number of para-hydroxylation sites is 2. The fourth-order valence-electron chi connectivity index (χ4n) is 5.34. The van der Waals surface area contributed by atoms with E-state index >= 15 is 0 Å². The number of imidazole rings is 1. The molecule has 0 bridgehead atoms. The van der Waals surface area contributed by atoms with Gasteiger partial charge < -0.3 is 10.3 Å². The van der Waals surface area contributed by atoms with Crippen molar-refractivity contribution in [3.8, 4) is 0 Å². The summed E-state index contributed by atoms with van der Waals surface area (Å²) in [6.07, 6.45) is 7.76. The van der Waals surface area contributed by atoms with Gasteiger partial charge in [0.1, 0.15) is 11.5 Å². The maximum atomic E-state index is 12.8. The third-order valence-electron chi connectivity index (χ3n) is 7.17. The van der Waals surface area contributed by atoms with Crippen molar-refractivity contribution in [3.05, 3.63) is 102 Å². The highest BCUT2D eigenvalue weighted by Crippen LogP contribution is 2.33. The average molecular weight is 491 g/mol. The summed E-state index contributed by atoms with van der Waals surface area (Å²) in [7, 11) is 0. The molecule has 0 saturated heterocycles. The van der Waals surface area contributed by atoms with Gasteiger partial charge in [0.15, 0.2) is 0 Å². The molecular weight excluding hydrogens is 460 g/mol. The van der Waals surface area contributed by atoms with Crippen LogP contribution in [0.1, 0.15) is 52.9 Å². The number of carbonyl (C=O) groups is 1. The fourth-order valence-corrected chi connectivity index (χ4v) is 5.34. The van der Waals surface area contributed by atoms with Crippen LogP contribution < -0.4 is 5.32 Å². The lowest BCUT2D eigenvalue weighted by Crippen LogP contribution is -2.35. The molecule has 3 heterocycles. The Morgan fingerprint density at radius 3 is 2.81 bits per heavy atom. The molecule has 37 heavy (non-hydrogen) atoms. The number of H-pyrrole nitrogens is 1. The molecule has 0 radical (unpaired) electrons. The van der Waals surface area contributed by atoms with E-state index in [-0.39, 0.29) is 11.9 Å². The average Bonchev–Trinajstić information content (AvgIpc) is 3.36. The Hall–Kier alpha value is -4.10. The lowest BCUT2D eigenvalue weighted by atomic mass is 9.90. The first-order chi connectivity index (χ1) is 18.2. The molecule has 3 aromatic heterocycles. The second-order valence-electron chi connectivity index (χ2n) is 9.65. The van der Waals surface area contributed by atoms with Crippen molar-refractivity contribution in [1.29, 1.82) is 0 Å². The first kappa shape index (κ1) is 23.3. The number of nitrogens with one attached hydrogen (secondary N) is 2. The summed E-state index contributed by atoms with van der Waals surface area (Å²) in [5.74, 6) is 0.813. The number of carbonyl (C=O) groups excluding carboxylic acids is 1. The number of rotatable bonds is 8. The number of fused-ring (bicyclic) bond motifs is 3. The van der Waals surface area contributed by atoms with Crippen LogP contribution in [0.5, 0.6) is 0 Å². The number of aromatic nitrogens is 4. The molecular formula is C30H30N6O. The van der Waals surface area contributed by atoms with Gasteiger partial charge >= 0.3 is 0 Å². The Bertz CT molecular complexity index is 1510. The van der Waals surface area contributed by atoms with Gasteiger partial charge in [-0.25, -0.2) is 4.98 Å². The molecule has 0 spiro atoms. The summed E-state index contributed by atoms with van der Waals surface area (Å²) >= 11 is 0. The minimum atomic E-state index is -0.140. The number of nitrogens with zero attached hydrogens (tertiary/aromatic N) is 4. The summed E-state index contributed by atoms with van der Waals surface area (Å²) < 4.78 is 0. The number of benzene rings is 2. The largest absolute Gasteiger partial charge is 0.351 e. The summed E-state index contributed by atoms with van der Waals surface area (Å²) in [6, 6.07) is 22.4. The minimum Gasteiger partial charge on any atom is -0.351 e. The Labute approximate surface area is 216 Å². The van der Waals surface area contributed by atoms with Crippen LogP contribution in [-0.2, 0) is 13.0 Å². The van der Waals surface area contributed by atoms with E-state index in [4.69, 9.17) is 9.97 Å². The van der Waals surface area contributed by atoms with Crippen molar-refractivity contribution in [2.24, 2.45) is 0 Å². The maximum absolute atomic E-state index is 12.8. The van der Waals surface area contributed by atoms with Gasteiger partial charge in [0.2, 0.25) is 0 Å². The number of aromatic amines is 1. The monoisotopic (exact) mass is 490 g/mol. The molecule has 2 N–H and O–H groups in total. The van der Waals surface area contributed by atoms with Crippen molar-refractivity contribution in [2.45, 2.75) is 38.3 Å². The molecule has 0 aliphatic heterocycles. The fraction of sp³-hybridized carbons (Fsp3) is 0.267. The number of hydrogen-bond donors (Lipinski definition) is 2. The van der Waals surface area contributed by atoms with Gasteiger partial charge in [-0.1, -0.05) is 42.5 Å². The molecule has 1 amide bonds. The quantitative estimate of drug-likeness (QED) is 0.292. The molecule has 1 atom stereocenters. The molecule has 1 aliphatic rings. The Kier molecular flexibility index (Phi) is 6.60. The molecule has 186 valence electrons. The van der Waals surface area contributed by atoms with Gasteiger partial charge in [0.05, 0.1) is 29.3 Å². The molecule has 7 heteroatoms. The number of hydrogen-bond acceptors (Lipinski definition) is 5. The zero-order chi connectivity index (χ0) is 25.0. The molecule has 1 unspecified atom stereocenters. The first-order valence-electron chi connectivity index (χ1n) is 13.0. The van der Waals surface area contributed by atoms with Crippen LogP contribution in [0.2, 0.25) is 0 Å². The molecule has 5 aromatic rings. The van der Waals surface area contributed by atoms with Crippen LogP contribution >= 0.6 is 0 Å². The topological polar surface area (TPSA) is 86.8 Å². The minimum absolute atomic E-state index is 0.140.